The highest BCUT2D eigenvalue weighted by molar-refractivity contribution is 8.00. The van der Waals surface area contributed by atoms with Crippen LogP contribution in [0.3, 0.4) is 0 Å². The highest BCUT2D eigenvalue weighted by Gasteiger charge is 2.43. The minimum absolute atomic E-state index is 0.0136. The van der Waals surface area contributed by atoms with Crippen molar-refractivity contribution in [3.05, 3.63) is 0 Å². The first-order valence-electron chi connectivity index (χ1n) is 6.09. The Morgan fingerprint density at radius 3 is 2.61 bits per heavy atom. The number of alkyl halides is 3. The second-order valence-corrected chi connectivity index (χ2v) is 6.20. The zero-order valence-corrected chi connectivity index (χ0v) is 10.9. The summed E-state index contributed by atoms with van der Waals surface area (Å²) in [5, 5.41) is 3.25. The number of carbonyl (C=O) groups is 1. The molecular weight excluding hydrogens is 265 g/mol. The lowest BCUT2D eigenvalue weighted by Gasteiger charge is -2.33. The Balaban J connectivity index is 1.82. The van der Waals surface area contributed by atoms with Gasteiger partial charge in [-0.15, -0.1) is 0 Å². The molecule has 0 radical (unpaired) electrons. The number of hydrogen-bond donors (Lipinski definition) is 1. The van der Waals surface area contributed by atoms with Gasteiger partial charge in [0, 0.05) is 25.3 Å². The van der Waals surface area contributed by atoms with E-state index >= 15 is 0 Å². The fourth-order valence-corrected chi connectivity index (χ4v) is 3.29. The Labute approximate surface area is 108 Å². The molecule has 1 N–H and O–H groups in total. The molecule has 7 heteroatoms. The number of nitrogens with zero attached hydrogens (tertiary/aromatic N) is 1. The molecule has 3 nitrogen and oxygen atoms in total. The summed E-state index contributed by atoms with van der Waals surface area (Å²) < 4.78 is 36.1. The Morgan fingerprint density at radius 1 is 1.33 bits per heavy atom. The number of carbonyl (C=O) groups excluding carboxylic acids is 1. The van der Waals surface area contributed by atoms with Crippen LogP contribution in [0.1, 0.15) is 19.3 Å². The average Bonchev–Trinajstić information content (AvgIpc) is 2.54. The summed E-state index contributed by atoms with van der Waals surface area (Å²) in [5.74, 6) is -0.0523. The van der Waals surface area contributed by atoms with Crippen molar-refractivity contribution in [1.82, 2.24) is 10.2 Å². The number of amides is 1. The van der Waals surface area contributed by atoms with Crippen molar-refractivity contribution in [3.8, 4) is 0 Å². The number of likely N-dealkylation sites (tertiary alicyclic amines) is 1. The zero-order chi connectivity index (χ0) is 13.2. The molecule has 18 heavy (non-hydrogen) atoms. The van der Waals surface area contributed by atoms with Crippen molar-refractivity contribution in [3.63, 3.8) is 0 Å². The number of piperidine rings is 1. The standard InChI is InChI=1S/C11H17F3N2OS/c12-11(13,14)18-6-5-16-8-10(7-9(16)17)1-3-15-4-2-10/h15H,1-8H2. The summed E-state index contributed by atoms with van der Waals surface area (Å²) in [6.45, 7) is 2.64. The van der Waals surface area contributed by atoms with Crippen LogP contribution < -0.4 is 5.32 Å². The van der Waals surface area contributed by atoms with Crippen LogP contribution in [0.25, 0.3) is 0 Å². The Bertz CT molecular complexity index is 316. The topological polar surface area (TPSA) is 32.3 Å². The van der Waals surface area contributed by atoms with E-state index in [0.717, 1.165) is 25.9 Å². The zero-order valence-electron chi connectivity index (χ0n) is 10.1. The van der Waals surface area contributed by atoms with Gasteiger partial charge in [0.15, 0.2) is 0 Å². The van der Waals surface area contributed by atoms with Gasteiger partial charge in [-0.1, -0.05) is 0 Å². The molecule has 0 atom stereocenters. The first-order chi connectivity index (χ1) is 8.40. The number of rotatable bonds is 3. The van der Waals surface area contributed by atoms with E-state index in [1.807, 2.05) is 0 Å². The number of thioether (sulfide) groups is 1. The highest BCUT2D eigenvalue weighted by Crippen LogP contribution is 2.39. The molecule has 0 aromatic heterocycles. The largest absolute Gasteiger partial charge is 0.441 e. The molecule has 0 aromatic carbocycles. The molecule has 2 aliphatic rings. The lowest BCUT2D eigenvalue weighted by atomic mass is 9.78. The van der Waals surface area contributed by atoms with Gasteiger partial charge in [-0.25, -0.2) is 0 Å². The third-order valence-electron chi connectivity index (χ3n) is 3.70. The highest BCUT2D eigenvalue weighted by atomic mass is 32.2. The molecule has 0 unspecified atom stereocenters. The predicted octanol–water partition coefficient (Wildman–Crippen LogP) is 1.84. The minimum Gasteiger partial charge on any atom is -0.341 e. The van der Waals surface area contributed by atoms with Crippen molar-refractivity contribution >= 4 is 17.7 Å². The van der Waals surface area contributed by atoms with Crippen molar-refractivity contribution < 1.29 is 18.0 Å². The van der Waals surface area contributed by atoms with E-state index in [2.05, 4.69) is 5.32 Å². The SMILES string of the molecule is O=C1CC2(CCNCC2)CN1CCSC(F)(F)F. The maximum absolute atomic E-state index is 12.0. The van der Waals surface area contributed by atoms with Crippen LogP contribution in [0.4, 0.5) is 13.2 Å². The molecule has 0 aromatic rings. The van der Waals surface area contributed by atoms with E-state index in [1.165, 1.54) is 0 Å². The molecule has 0 aliphatic carbocycles. The Kier molecular flexibility index (Phi) is 4.11. The summed E-state index contributed by atoms with van der Waals surface area (Å²) in [6, 6.07) is 0. The van der Waals surface area contributed by atoms with Crippen LogP contribution in [-0.4, -0.2) is 48.2 Å². The van der Waals surface area contributed by atoms with Crippen molar-refractivity contribution in [2.75, 3.05) is 31.9 Å². The molecule has 104 valence electrons. The van der Waals surface area contributed by atoms with Gasteiger partial charge in [-0.05, 0) is 43.1 Å². The van der Waals surface area contributed by atoms with Crippen LogP contribution in [0.2, 0.25) is 0 Å². The minimum atomic E-state index is -4.20. The number of hydrogen-bond acceptors (Lipinski definition) is 3. The molecular formula is C11H17F3N2OS. The van der Waals surface area contributed by atoms with Gasteiger partial charge in [-0.2, -0.15) is 13.2 Å². The summed E-state index contributed by atoms with van der Waals surface area (Å²) in [4.78, 5) is 13.4. The summed E-state index contributed by atoms with van der Waals surface area (Å²) in [6.07, 6.45) is 2.40. The normalized spacial score (nSPS) is 23.9. The fraction of sp³-hybridized carbons (Fsp3) is 0.909. The Hall–Kier alpha value is -0.430. The molecule has 2 rings (SSSR count). The fourth-order valence-electron chi connectivity index (χ4n) is 2.75. The lowest BCUT2D eigenvalue weighted by Crippen LogP contribution is -2.39. The summed E-state index contributed by atoms with van der Waals surface area (Å²) in [5.41, 5.74) is -4.18. The van der Waals surface area contributed by atoms with Crippen molar-refractivity contribution in [1.29, 1.82) is 0 Å². The van der Waals surface area contributed by atoms with Crippen LogP contribution >= 0.6 is 11.8 Å². The van der Waals surface area contributed by atoms with E-state index < -0.39 is 5.51 Å². The van der Waals surface area contributed by atoms with Crippen molar-refractivity contribution in [2.45, 2.75) is 24.8 Å². The quantitative estimate of drug-likeness (QED) is 0.857. The number of halogens is 3. The summed E-state index contributed by atoms with van der Waals surface area (Å²) >= 11 is -0.0487. The molecule has 2 heterocycles. The van der Waals surface area contributed by atoms with Crippen LogP contribution in [-0.2, 0) is 4.79 Å². The van der Waals surface area contributed by atoms with Gasteiger partial charge < -0.3 is 10.2 Å². The van der Waals surface area contributed by atoms with Gasteiger partial charge in [0.05, 0.1) is 0 Å². The van der Waals surface area contributed by atoms with E-state index in [1.54, 1.807) is 4.90 Å². The molecule has 0 saturated carbocycles. The van der Waals surface area contributed by atoms with Crippen LogP contribution in [0, 0.1) is 5.41 Å². The average molecular weight is 282 g/mol. The molecule has 2 fully saturated rings. The van der Waals surface area contributed by atoms with Gasteiger partial charge in [0.1, 0.15) is 0 Å². The molecule has 1 amide bonds. The second kappa shape index (κ2) is 5.28. The molecule has 1 spiro atoms. The van der Waals surface area contributed by atoms with E-state index in [9.17, 15) is 18.0 Å². The first-order valence-corrected chi connectivity index (χ1v) is 7.08. The predicted molar refractivity (Wildman–Crippen MR) is 64.2 cm³/mol. The molecule has 2 aliphatic heterocycles. The third-order valence-corrected chi connectivity index (χ3v) is 4.41. The summed E-state index contributed by atoms with van der Waals surface area (Å²) in [7, 11) is 0. The molecule has 2 saturated heterocycles. The van der Waals surface area contributed by atoms with Crippen molar-refractivity contribution in [2.24, 2.45) is 5.41 Å². The maximum Gasteiger partial charge on any atom is 0.441 e. The van der Waals surface area contributed by atoms with Gasteiger partial charge >= 0.3 is 5.51 Å². The van der Waals surface area contributed by atoms with Crippen LogP contribution in [0.5, 0.6) is 0 Å². The lowest BCUT2D eigenvalue weighted by molar-refractivity contribution is -0.127. The first kappa shape index (κ1) is 14.0. The third kappa shape index (κ3) is 3.54. The van der Waals surface area contributed by atoms with Gasteiger partial charge in [0.2, 0.25) is 5.91 Å². The Morgan fingerprint density at radius 2 is 2.00 bits per heavy atom. The van der Waals surface area contributed by atoms with Crippen LogP contribution in [0.15, 0.2) is 0 Å². The van der Waals surface area contributed by atoms with E-state index in [0.29, 0.717) is 13.0 Å². The number of nitrogens with one attached hydrogen (secondary N) is 1. The van der Waals surface area contributed by atoms with Gasteiger partial charge in [-0.3, -0.25) is 4.79 Å². The monoisotopic (exact) mass is 282 g/mol. The van der Waals surface area contributed by atoms with E-state index in [-0.39, 0.29) is 35.4 Å². The second-order valence-electron chi connectivity index (χ2n) is 5.04. The maximum atomic E-state index is 12.0. The van der Waals surface area contributed by atoms with Gasteiger partial charge in [0.25, 0.3) is 0 Å². The smallest absolute Gasteiger partial charge is 0.341 e. The molecule has 0 bridgehead atoms. The van der Waals surface area contributed by atoms with E-state index in [4.69, 9.17) is 0 Å².